The molecule has 0 aromatic rings. The molecule has 1 amide bonds. The van der Waals surface area contributed by atoms with Gasteiger partial charge in [0.2, 0.25) is 5.91 Å². The second-order valence-electron chi connectivity index (χ2n) is 4.81. The Kier molecular flexibility index (Phi) is 3.21. The summed E-state index contributed by atoms with van der Waals surface area (Å²) >= 11 is 0. The molecule has 2 fully saturated rings. The second kappa shape index (κ2) is 4.33. The summed E-state index contributed by atoms with van der Waals surface area (Å²) in [7, 11) is -2.91. The topological polar surface area (TPSA) is 75.3 Å². The highest BCUT2D eigenvalue weighted by molar-refractivity contribution is 7.91. The van der Waals surface area contributed by atoms with E-state index in [1.165, 1.54) is 0 Å². The Morgan fingerprint density at radius 1 is 1.38 bits per heavy atom. The molecule has 5 nitrogen and oxygen atoms in total. The van der Waals surface area contributed by atoms with Crippen LogP contribution in [-0.4, -0.2) is 44.5 Å². The van der Waals surface area contributed by atoms with Crippen LogP contribution in [-0.2, 0) is 14.6 Å². The van der Waals surface area contributed by atoms with Crippen LogP contribution < -0.4 is 10.6 Å². The molecule has 0 aromatic carbocycles. The molecule has 0 aromatic heterocycles. The van der Waals surface area contributed by atoms with Gasteiger partial charge in [0.05, 0.1) is 17.5 Å². The van der Waals surface area contributed by atoms with E-state index in [1.54, 1.807) is 0 Å². The van der Waals surface area contributed by atoms with Gasteiger partial charge in [0.25, 0.3) is 0 Å². The lowest BCUT2D eigenvalue weighted by Gasteiger charge is -2.18. The van der Waals surface area contributed by atoms with Crippen molar-refractivity contribution >= 4 is 15.7 Å². The summed E-state index contributed by atoms with van der Waals surface area (Å²) in [5.74, 6) is 0.580. The Labute approximate surface area is 95.9 Å². The monoisotopic (exact) mass is 246 g/mol. The van der Waals surface area contributed by atoms with Crippen LogP contribution in [0.15, 0.2) is 0 Å². The van der Waals surface area contributed by atoms with Crippen LogP contribution in [0.3, 0.4) is 0 Å². The number of hydrogen-bond acceptors (Lipinski definition) is 4. The quantitative estimate of drug-likeness (QED) is 0.675. The van der Waals surface area contributed by atoms with Crippen molar-refractivity contribution in [2.75, 3.05) is 18.1 Å². The lowest BCUT2D eigenvalue weighted by Crippen LogP contribution is -2.47. The van der Waals surface area contributed by atoms with Gasteiger partial charge in [0, 0.05) is 6.04 Å². The molecule has 0 bridgehead atoms. The maximum absolute atomic E-state index is 11.9. The Balaban J connectivity index is 1.88. The third-order valence-electron chi connectivity index (χ3n) is 3.39. The first-order valence-electron chi connectivity index (χ1n) is 5.72. The minimum Gasteiger partial charge on any atom is -0.351 e. The Morgan fingerprint density at radius 2 is 2.12 bits per heavy atom. The van der Waals surface area contributed by atoms with Crippen molar-refractivity contribution in [3.63, 3.8) is 0 Å². The van der Waals surface area contributed by atoms with Gasteiger partial charge in [-0.3, -0.25) is 4.79 Å². The van der Waals surface area contributed by atoms with Gasteiger partial charge in [-0.2, -0.15) is 0 Å². The Hall–Kier alpha value is -0.620. The molecule has 0 spiro atoms. The normalized spacial score (nSPS) is 37.4. The van der Waals surface area contributed by atoms with E-state index >= 15 is 0 Å². The molecule has 16 heavy (non-hydrogen) atoms. The van der Waals surface area contributed by atoms with Gasteiger partial charge in [-0.1, -0.05) is 6.92 Å². The van der Waals surface area contributed by atoms with Crippen LogP contribution in [0.5, 0.6) is 0 Å². The zero-order valence-corrected chi connectivity index (χ0v) is 10.2. The number of carbonyl (C=O) groups is 1. The minimum absolute atomic E-state index is 0.0490. The summed E-state index contributed by atoms with van der Waals surface area (Å²) in [4.78, 5) is 11.9. The van der Waals surface area contributed by atoms with E-state index in [4.69, 9.17) is 0 Å². The molecule has 92 valence electrons. The van der Waals surface area contributed by atoms with Gasteiger partial charge in [-0.05, 0) is 25.3 Å². The fourth-order valence-corrected chi connectivity index (χ4v) is 4.06. The Bertz CT molecular complexity index is 380. The summed E-state index contributed by atoms with van der Waals surface area (Å²) in [6, 6.07) is -0.338. The summed E-state index contributed by atoms with van der Waals surface area (Å²) in [6.07, 6.45) is 1.55. The van der Waals surface area contributed by atoms with Gasteiger partial charge in [-0.25, -0.2) is 8.42 Å². The van der Waals surface area contributed by atoms with E-state index < -0.39 is 9.84 Å². The predicted molar refractivity (Wildman–Crippen MR) is 60.8 cm³/mol. The first kappa shape index (κ1) is 11.9. The lowest BCUT2D eigenvalue weighted by molar-refractivity contribution is -0.124. The molecule has 2 aliphatic heterocycles. The molecule has 2 N–H and O–H groups in total. The number of sulfone groups is 1. The van der Waals surface area contributed by atoms with Crippen molar-refractivity contribution in [3.05, 3.63) is 0 Å². The molecule has 6 heteroatoms. The van der Waals surface area contributed by atoms with Crippen LogP contribution in [0, 0.1) is 5.92 Å². The van der Waals surface area contributed by atoms with Gasteiger partial charge in [0.1, 0.15) is 0 Å². The standard InChI is InChI=1S/C10H18N2O3S/c1-7-2-4-11-9(7)10(13)12-8-3-5-16(14,15)6-8/h7-9,11H,2-6H2,1H3,(H,12,13). The highest BCUT2D eigenvalue weighted by Gasteiger charge is 2.34. The number of nitrogens with one attached hydrogen (secondary N) is 2. The first-order chi connectivity index (χ1) is 7.48. The molecule has 2 saturated heterocycles. The van der Waals surface area contributed by atoms with E-state index in [2.05, 4.69) is 10.6 Å². The first-order valence-corrected chi connectivity index (χ1v) is 7.54. The second-order valence-corrected chi connectivity index (χ2v) is 7.04. The fraction of sp³-hybridized carbons (Fsp3) is 0.900. The van der Waals surface area contributed by atoms with Crippen molar-refractivity contribution in [2.24, 2.45) is 5.92 Å². The molecule has 3 unspecified atom stereocenters. The van der Waals surface area contributed by atoms with E-state index in [0.29, 0.717) is 12.3 Å². The van der Waals surface area contributed by atoms with Crippen molar-refractivity contribution in [3.8, 4) is 0 Å². The lowest BCUT2D eigenvalue weighted by atomic mass is 10.0. The largest absolute Gasteiger partial charge is 0.351 e. The van der Waals surface area contributed by atoms with Crippen LogP contribution in [0.4, 0.5) is 0 Å². The highest BCUT2D eigenvalue weighted by atomic mass is 32.2. The van der Waals surface area contributed by atoms with Crippen LogP contribution in [0.25, 0.3) is 0 Å². The number of amides is 1. The third-order valence-corrected chi connectivity index (χ3v) is 5.16. The van der Waals surface area contributed by atoms with E-state index in [-0.39, 0.29) is 29.5 Å². The summed E-state index contributed by atoms with van der Waals surface area (Å²) in [5.41, 5.74) is 0. The number of hydrogen-bond donors (Lipinski definition) is 2. The minimum atomic E-state index is -2.91. The fourth-order valence-electron chi connectivity index (χ4n) is 2.39. The zero-order chi connectivity index (χ0) is 11.8. The molecule has 2 aliphatic rings. The molecular formula is C10H18N2O3S. The molecule has 2 heterocycles. The molecule has 0 radical (unpaired) electrons. The molecule has 0 aliphatic carbocycles. The summed E-state index contributed by atoms with van der Waals surface area (Å²) in [5, 5.41) is 5.97. The van der Waals surface area contributed by atoms with Crippen LogP contribution in [0.2, 0.25) is 0 Å². The van der Waals surface area contributed by atoms with Crippen molar-refractivity contribution in [1.29, 1.82) is 0 Å². The van der Waals surface area contributed by atoms with E-state index in [9.17, 15) is 13.2 Å². The Morgan fingerprint density at radius 3 is 2.62 bits per heavy atom. The maximum atomic E-state index is 11.9. The van der Waals surface area contributed by atoms with Crippen LogP contribution in [0.1, 0.15) is 19.8 Å². The molecule has 3 atom stereocenters. The maximum Gasteiger partial charge on any atom is 0.237 e. The van der Waals surface area contributed by atoms with Crippen molar-refractivity contribution in [1.82, 2.24) is 10.6 Å². The molecular weight excluding hydrogens is 228 g/mol. The average molecular weight is 246 g/mol. The zero-order valence-electron chi connectivity index (χ0n) is 9.40. The van der Waals surface area contributed by atoms with Gasteiger partial charge < -0.3 is 10.6 Å². The molecule has 0 saturated carbocycles. The summed E-state index contributed by atoms with van der Waals surface area (Å²) in [6.45, 7) is 2.90. The smallest absolute Gasteiger partial charge is 0.237 e. The van der Waals surface area contributed by atoms with Gasteiger partial charge >= 0.3 is 0 Å². The van der Waals surface area contributed by atoms with Gasteiger partial charge in [-0.15, -0.1) is 0 Å². The SMILES string of the molecule is CC1CCNC1C(=O)NC1CCS(=O)(=O)C1. The van der Waals surface area contributed by atoms with Crippen molar-refractivity contribution < 1.29 is 13.2 Å². The van der Waals surface area contributed by atoms with Gasteiger partial charge in [0.15, 0.2) is 9.84 Å². The van der Waals surface area contributed by atoms with Crippen molar-refractivity contribution in [2.45, 2.75) is 31.8 Å². The molecule has 2 rings (SSSR count). The third kappa shape index (κ3) is 2.55. The average Bonchev–Trinajstić information content (AvgIpc) is 2.72. The number of carbonyl (C=O) groups excluding carboxylic acids is 1. The van der Waals surface area contributed by atoms with E-state index in [1.807, 2.05) is 6.92 Å². The highest BCUT2D eigenvalue weighted by Crippen LogP contribution is 2.16. The van der Waals surface area contributed by atoms with Crippen LogP contribution >= 0.6 is 0 Å². The number of rotatable bonds is 2. The van der Waals surface area contributed by atoms with E-state index in [0.717, 1.165) is 13.0 Å². The predicted octanol–water partition coefficient (Wildman–Crippen LogP) is -0.712. The summed E-state index contributed by atoms with van der Waals surface area (Å²) < 4.78 is 22.5.